The molecule has 1 unspecified atom stereocenters. The van der Waals surface area contributed by atoms with E-state index in [4.69, 9.17) is 27.9 Å². The third-order valence-electron chi connectivity index (χ3n) is 5.18. The van der Waals surface area contributed by atoms with Crippen LogP contribution in [-0.2, 0) is 11.2 Å². The predicted octanol–water partition coefficient (Wildman–Crippen LogP) is 6.53. The summed E-state index contributed by atoms with van der Waals surface area (Å²) < 4.78 is 4.83. The van der Waals surface area contributed by atoms with Crippen molar-refractivity contribution in [3.8, 4) is 11.1 Å². The molecule has 4 heteroatoms. The Morgan fingerprint density at radius 1 is 0.963 bits per heavy atom. The van der Waals surface area contributed by atoms with Gasteiger partial charge >= 0.3 is 5.97 Å². The van der Waals surface area contributed by atoms with Crippen LogP contribution in [0.15, 0.2) is 60.7 Å². The molecule has 27 heavy (non-hydrogen) atoms. The second kappa shape index (κ2) is 7.38. The van der Waals surface area contributed by atoms with Gasteiger partial charge in [-0.15, -0.1) is 0 Å². The average Bonchev–Trinajstić information content (AvgIpc) is 3.10. The van der Waals surface area contributed by atoms with E-state index < -0.39 is 0 Å². The molecule has 0 saturated heterocycles. The molecular formula is C23H18Cl2O2. The van der Waals surface area contributed by atoms with Gasteiger partial charge in [0.25, 0.3) is 0 Å². The standard InChI is InChI=1S/C23H18Cl2O2/c1-27-23(26)17-4-2-3-15(11-17)16-6-5-14-7-9-19(21(14)12-16)20-10-8-18(24)13-22(20)25/h2-6,8,10-13,19H,7,9H2,1H3. The molecule has 2 nitrogen and oxygen atoms in total. The number of halogens is 2. The van der Waals surface area contributed by atoms with Gasteiger partial charge in [-0.2, -0.15) is 0 Å². The number of esters is 1. The second-order valence-electron chi connectivity index (χ2n) is 6.74. The summed E-state index contributed by atoms with van der Waals surface area (Å²) in [6.07, 6.45) is 2.06. The molecule has 0 heterocycles. The number of rotatable bonds is 3. The highest BCUT2D eigenvalue weighted by Gasteiger charge is 2.26. The van der Waals surface area contributed by atoms with E-state index in [0.717, 1.165) is 29.5 Å². The quantitative estimate of drug-likeness (QED) is 0.470. The van der Waals surface area contributed by atoms with Crippen molar-refractivity contribution in [2.45, 2.75) is 18.8 Å². The molecule has 1 atom stereocenters. The lowest BCUT2D eigenvalue weighted by molar-refractivity contribution is 0.0601. The van der Waals surface area contributed by atoms with E-state index in [1.54, 1.807) is 12.1 Å². The molecule has 0 aromatic heterocycles. The molecule has 0 spiro atoms. The lowest BCUT2D eigenvalue weighted by Crippen LogP contribution is -2.01. The van der Waals surface area contributed by atoms with Crippen molar-refractivity contribution in [2.24, 2.45) is 0 Å². The molecule has 3 aromatic carbocycles. The smallest absolute Gasteiger partial charge is 0.337 e. The molecule has 0 amide bonds. The van der Waals surface area contributed by atoms with Gasteiger partial charge < -0.3 is 4.74 Å². The lowest BCUT2D eigenvalue weighted by atomic mass is 9.90. The molecule has 1 aliphatic rings. The Bertz CT molecular complexity index is 1030. The van der Waals surface area contributed by atoms with E-state index >= 15 is 0 Å². The normalized spacial score (nSPS) is 15.4. The number of hydrogen-bond donors (Lipinski definition) is 0. The Morgan fingerprint density at radius 2 is 1.78 bits per heavy atom. The first-order valence-electron chi connectivity index (χ1n) is 8.83. The molecule has 136 valence electrons. The summed E-state index contributed by atoms with van der Waals surface area (Å²) in [4.78, 5) is 11.8. The maximum atomic E-state index is 11.8. The Labute approximate surface area is 168 Å². The molecule has 0 N–H and O–H groups in total. The highest BCUT2D eigenvalue weighted by Crippen LogP contribution is 2.42. The number of benzene rings is 3. The lowest BCUT2D eigenvalue weighted by Gasteiger charge is -2.15. The maximum absolute atomic E-state index is 11.8. The Balaban J connectivity index is 1.75. The third-order valence-corrected chi connectivity index (χ3v) is 5.74. The minimum Gasteiger partial charge on any atom is -0.465 e. The van der Waals surface area contributed by atoms with E-state index in [-0.39, 0.29) is 11.9 Å². The van der Waals surface area contributed by atoms with Gasteiger partial charge in [0.05, 0.1) is 12.7 Å². The largest absolute Gasteiger partial charge is 0.465 e. The molecule has 1 aliphatic carbocycles. The molecule has 0 radical (unpaired) electrons. The van der Waals surface area contributed by atoms with Crippen LogP contribution in [0.1, 0.15) is 39.4 Å². The van der Waals surface area contributed by atoms with Crippen molar-refractivity contribution >= 4 is 29.2 Å². The molecular weight excluding hydrogens is 379 g/mol. The Morgan fingerprint density at radius 3 is 2.56 bits per heavy atom. The predicted molar refractivity (Wildman–Crippen MR) is 110 cm³/mol. The Kier molecular flexibility index (Phi) is 4.94. The van der Waals surface area contributed by atoms with Gasteiger partial charge in [-0.3, -0.25) is 0 Å². The summed E-state index contributed by atoms with van der Waals surface area (Å²) >= 11 is 12.5. The summed E-state index contributed by atoms with van der Waals surface area (Å²) in [6.45, 7) is 0. The van der Waals surface area contributed by atoms with Crippen LogP contribution in [0.4, 0.5) is 0 Å². The number of carbonyl (C=O) groups is 1. The zero-order chi connectivity index (χ0) is 19.0. The SMILES string of the molecule is COC(=O)c1cccc(-c2ccc3c(c2)C(c2ccc(Cl)cc2Cl)CC3)c1. The van der Waals surface area contributed by atoms with Crippen LogP contribution in [0.2, 0.25) is 10.0 Å². The number of methoxy groups -OCH3 is 1. The third kappa shape index (κ3) is 3.47. The van der Waals surface area contributed by atoms with Crippen LogP contribution in [0.5, 0.6) is 0 Å². The summed E-state index contributed by atoms with van der Waals surface area (Å²) in [5, 5.41) is 1.36. The first kappa shape index (κ1) is 18.1. The van der Waals surface area contributed by atoms with Gasteiger partial charge in [-0.05, 0) is 64.9 Å². The summed E-state index contributed by atoms with van der Waals surface area (Å²) in [5.41, 5.74) is 6.37. The molecule has 0 fully saturated rings. The van der Waals surface area contributed by atoms with Crippen molar-refractivity contribution in [2.75, 3.05) is 7.11 Å². The first-order valence-corrected chi connectivity index (χ1v) is 9.59. The van der Waals surface area contributed by atoms with E-state index in [0.29, 0.717) is 15.6 Å². The minimum atomic E-state index is -0.330. The number of ether oxygens (including phenoxy) is 1. The monoisotopic (exact) mass is 396 g/mol. The molecule has 0 aliphatic heterocycles. The highest BCUT2D eigenvalue weighted by molar-refractivity contribution is 6.35. The van der Waals surface area contributed by atoms with Crippen molar-refractivity contribution in [3.63, 3.8) is 0 Å². The topological polar surface area (TPSA) is 26.3 Å². The molecule has 3 aromatic rings. The fourth-order valence-electron chi connectivity index (χ4n) is 3.83. The summed E-state index contributed by atoms with van der Waals surface area (Å²) in [7, 11) is 1.39. The van der Waals surface area contributed by atoms with Gasteiger partial charge in [-0.25, -0.2) is 4.79 Å². The zero-order valence-corrected chi connectivity index (χ0v) is 16.3. The van der Waals surface area contributed by atoms with Gasteiger partial charge in [0.2, 0.25) is 0 Å². The highest BCUT2D eigenvalue weighted by atomic mass is 35.5. The van der Waals surface area contributed by atoms with E-state index in [9.17, 15) is 4.79 Å². The van der Waals surface area contributed by atoms with E-state index in [2.05, 4.69) is 18.2 Å². The van der Waals surface area contributed by atoms with Crippen molar-refractivity contribution < 1.29 is 9.53 Å². The summed E-state index contributed by atoms with van der Waals surface area (Å²) in [6, 6.07) is 19.7. The van der Waals surface area contributed by atoms with Crippen LogP contribution in [0.3, 0.4) is 0 Å². The number of aryl methyl sites for hydroxylation is 1. The van der Waals surface area contributed by atoms with Gasteiger partial charge in [0, 0.05) is 16.0 Å². The van der Waals surface area contributed by atoms with E-state index in [1.807, 2.05) is 30.3 Å². The first-order chi connectivity index (χ1) is 13.1. The summed E-state index contributed by atoms with van der Waals surface area (Å²) in [5.74, 6) is -0.0719. The molecule has 0 saturated carbocycles. The van der Waals surface area contributed by atoms with Crippen molar-refractivity contribution in [1.82, 2.24) is 0 Å². The Hall–Kier alpha value is -2.29. The number of fused-ring (bicyclic) bond motifs is 1. The van der Waals surface area contributed by atoms with Crippen LogP contribution >= 0.6 is 23.2 Å². The maximum Gasteiger partial charge on any atom is 0.337 e. The van der Waals surface area contributed by atoms with Crippen LogP contribution < -0.4 is 0 Å². The molecule has 0 bridgehead atoms. The van der Waals surface area contributed by atoms with Crippen LogP contribution in [0, 0.1) is 0 Å². The average molecular weight is 397 g/mol. The fraction of sp³-hybridized carbons (Fsp3) is 0.174. The van der Waals surface area contributed by atoms with Crippen molar-refractivity contribution in [3.05, 3.63) is 93.0 Å². The number of hydrogen-bond acceptors (Lipinski definition) is 2. The second-order valence-corrected chi connectivity index (χ2v) is 7.59. The van der Waals surface area contributed by atoms with Crippen molar-refractivity contribution in [1.29, 1.82) is 0 Å². The number of carbonyl (C=O) groups excluding carboxylic acids is 1. The molecule has 4 rings (SSSR count). The van der Waals surface area contributed by atoms with Crippen LogP contribution in [-0.4, -0.2) is 13.1 Å². The van der Waals surface area contributed by atoms with Gasteiger partial charge in [-0.1, -0.05) is 59.6 Å². The minimum absolute atomic E-state index is 0.258. The van der Waals surface area contributed by atoms with Gasteiger partial charge in [0.1, 0.15) is 0 Å². The fourth-order valence-corrected chi connectivity index (χ4v) is 4.37. The van der Waals surface area contributed by atoms with Gasteiger partial charge in [0.15, 0.2) is 0 Å². The van der Waals surface area contributed by atoms with E-state index in [1.165, 1.54) is 18.2 Å². The zero-order valence-electron chi connectivity index (χ0n) is 14.8. The van der Waals surface area contributed by atoms with Crippen LogP contribution in [0.25, 0.3) is 11.1 Å².